The molecule has 0 amide bonds. The third-order valence-electron chi connectivity index (χ3n) is 3.35. The highest BCUT2D eigenvalue weighted by molar-refractivity contribution is 7.90. The highest BCUT2D eigenvalue weighted by atomic mass is 32.2. The fourth-order valence-electron chi connectivity index (χ4n) is 2.33. The second-order valence-electron chi connectivity index (χ2n) is 4.59. The van der Waals surface area contributed by atoms with Gasteiger partial charge in [0.05, 0.1) is 18.9 Å². The van der Waals surface area contributed by atoms with Crippen LogP contribution < -0.4 is 4.90 Å². The quantitative estimate of drug-likeness (QED) is 0.861. The number of nitrogens with zero attached hydrogens (tertiary/aromatic N) is 2. The van der Waals surface area contributed by atoms with Crippen molar-refractivity contribution in [3.8, 4) is 0 Å². The minimum absolute atomic E-state index is 0.332. The Balaban J connectivity index is 2.06. The molecule has 1 aliphatic heterocycles. The number of anilines is 1. The minimum Gasteiger partial charge on any atom is -0.378 e. The Labute approximate surface area is 118 Å². The molecule has 106 valence electrons. The van der Waals surface area contributed by atoms with Crippen LogP contribution in [0.2, 0.25) is 0 Å². The van der Waals surface area contributed by atoms with Crippen LogP contribution in [-0.4, -0.2) is 38.7 Å². The van der Waals surface area contributed by atoms with E-state index < -0.39 is 10.0 Å². The average molecular weight is 292 g/mol. The predicted molar refractivity (Wildman–Crippen MR) is 76.5 cm³/mol. The van der Waals surface area contributed by atoms with Gasteiger partial charge in [0.15, 0.2) is 0 Å². The molecule has 5 nitrogen and oxygen atoms in total. The first-order valence-corrected chi connectivity index (χ1v) is 7.94. The van der Waals surface area contributed by atoms with Crippen LogP contribution in [-0.2, 0) is 14.8 Å². The van der Waals surface area contributed by atoms with Gasteiger partial charge in [-0.25, -0.2) is 12.4 Å². The topological polar surface area (TPSA) is 51.5 Å². The summed E-state index contributed by atoms with van der Waals surface area (Å²) in [4.78, 5) is 2.39. The maximum Gasteiger partial charge on any atom is 0.269 e. The van der Waals surface area contributed by atoms with Crippen LogP contribution in [0.3, 0.4) is 0 Å². The van der Waals surface area contributed by atoms with Crippen molar-refractivity contribution in [1.82, 2.24) is 3.97 Å². The van der Waals surface area contributed by atoms with Gasteiger partial charge in [-0.3, -0.25) is 0 Å². The SMILES string of the molecule is O=S(=O)(c1ccccc1N1CCOCC1)n1cccc1. The van der Waals surface area contributed by atoms with Gasteiger partial charge in [-0.15, -0.1) is 0 Å². The standard InChI is InChI=1S/C14H16N2O3S/c17-20(18,16-7-3-4-8-16)14-6-2-1-5-13(14)15-9-11-19-12-10-15/h1-8H,9-12H2. The first-order chi connectivity index (χ1) is 9.69. The molecule has 1 saturated heterocycles. The van der Waals surface area contributed by atoms with Crippen molar-refractivity contribution >= 4 is 15.7 Å². The Hall–Kier alpha value is -1.79. The van der Waals surface area contributed by atoms with E-state index in [9.17, 15) is 8.42 Å². The molecule has 0 bridgehead atoms. The van der Waals surface area contributed by atoms with E-state index >= 15 is 0 Å². The molecule has 1 aliphatic rings. The zero-order valence-corrected chi connectivity index (χ0v) is 11.8. The van der Waals surface area contributed by atoms with E-state index in [0.29, 0.717) is 31.2 Å². The highest BCUT2D eigenvalue weighted by Crippen LogP contribution is 2.27. The molecule has 6 heteroatoms. The third-order valence-corrected chi connectivity index (χ3v) is 5.05. The van der Waals surface area contributed by atoms with E-state index in [2.05, 4.69) is 4.90 Å². The lowest BCUT2D eigenvalue weighted by Gasteiger charge is -2.30. The molecule has 1 fully saturated rings. The monoisotopic (exact) mass is 292 g/mol. The van der Waals surface area contributed by atoms with E-state index in [1.165, 1.54) is 3.97 Å². The fourth-order valence-corrected chi connectivity index (χ4v) is 3.73. The number of benzene rings is 1. The first kappa shape index (κ1) is 13.2. The number of rotatable bonds is 3. The number of hydrogen-bond acceptors (Lipinski definition) is 4. The third kappa shape index (κ3) is 2.32. The molecule has 0 atom stereocenters. The Morgan fingerprint density at radius 2 is 1.60 bits per heavy atom. The van der Waals surface area contributed by atoms with Gasteiger partial charge >= 0.3 is 0 Å². The van der Waals surface area contributed by atoms with E-state index in [1.807, 2.05) is 12.1 Å². The van der Waals surface area contributed by atoms with Crippen molar-refractivity contribution in [2.75, 3.05) is 31.2 Å². The molecule has 0 unspecified atom stereocenters. The number of morpholine rings is 1. The lowest BCUT2D eigenvalue weighted by atomic mass is 10.2. The number of aromatic nitrogens is 1. The van der Waals surface area contributed by atoms with Crippen LogP contribution >= 0.6 is 0 Å². The Kier molecular flexibility index (Phi) is 3.50. The summed E-state index contributed by atoms with van der Waals surface area (Å²) in [7, 11) is -3.54. The van der Waals surface area contributed by atoms with Crippen LogP contribution in [0, 0.1) is 0 Å². The van der Waals surface area contributed by atoms with Crippen molar-refractivity contribution < 1.29 is 13.2 Å². The molecule has 0 N–H and O–H groups in total. The van der Waals surface area contributed by atoms with Gasteiger partial charge in [0.2, 0.25) is 0 Å². The van der Waals surface area contributed by atoms with E-state index in [0.717, 1.165) is 5.69 Å². The lowest BCUT2D eigenvalue weighted by Crippen LogP contribution is -2.37. The fraction of sp³-hybridized carbons (Fsp3) is 0.286. The summed E-state index contributed by atoms with van der Waals surface area (Å²) in [6, 6.07) is 10.5. The molecular formula is C14H16N2O3S. The zero-order valence-electron chi connectivity index (χ0n) is 11.0. The summed E-state index contributed by atoms with van der Waals surface area (Å²) in [5.74, 6) is 0. The van der Waals surface area contributed by atoms with E-state index in [4.69, 9.17) is 4.74 Å². The van der Waals surface area contributed by atoms with Crippen LogP contribution in [0.5, 0.6) is 0 Å². The maximum absolute atomic E-state index is 12.7. The van der Waals surface area contributed by atoms with Crippen LogP contribution in [0.1, 0.15) is 0 Å². The van der Waals surface area contributed by atoms with Gasteiger partial charge in [0.25, 0.3) is 10.0 Å². The summed E-state index contributed by atoms with van der Waals surface area (Å²) in [6.45, 7) is 2.66. The maximum atomic E-state index is 12.7. The zero-order chi connectivity index (χ0) is 14.0. The van der Waals surface area contributed by atoms with Crippen LogP contribution in [0.4, 0.5) is 5.69 Å². The van der Waals surface area contributed by atoms with Crippen LogP contribution in [0.15, 0.2) is 53.7 Å². The largest absolute Gasteiger partial charge is 0.378 e. The van der Waals surface area contributed by atoms with Crippen molar-refractivity contribution in [2.45, 2.75) is 4.90 Å². The van der Waals surface area contributed by atoms with Crippen molar-refractivity contribution in [2.24, 2.45) is 0 Å². The molecule has 0 spiro atoms. The molecule has 0 radical (unpaired) electrons. The first-order valence-electron chi connectivity index (χ1n) is 6.50. The van der Waals surface area contributed by atoms with Crippen molar-refractivity contribution in [1.29, 1.82) is 0 Å². The van der Waals surface area contributed by atoms with Gasteiger partial charge < -0.3 is 9.64 Å². The highest BCUT2D eigenvalue weighted by Gasteiger charge is 2.23. The minimum atomic E-state index is -3.54. The number of ether oxygens (including phenoxy) is 1. The lowest BCUT2D eigenvalue weighted by molar-refractivity contribution is 0.122. The molecule has 1 aromatic heterocycles. The normalized spacial score (nSPS) is 16.3. The second kappa shape index (κ2) is 5.30. The summed E-state index contributed by atoms with van der Waals surface area (Å²) in [5, 5.41) is 0. The molecule has 1 aromatic carbocycles. The summed E-state index contributed by atoms with van der Waals surface area (Å²) >= 11 is 0. The summed E-state index contributed by atoms with van der Waals surface area (Å²) < 4.78 is 31.9. The molecular weight excluding hydrogens is 276 g/mol. The summed E-state index contributed by atoms with van der Waals surface area (Å²) in [6.07, 6.45) is 3.09. The Bertz CT molecular complexity index is 674. The van der Waals surface area contributed by atoms with E-state index in [-0.39, 0.29) is 0 Å². The van der Waals surface area contributed by atoms with Crippen LogP contribution in [0.25, 0.3) is 0 Å². The molecule has 2 heterocycles. The van der Waals surface area contributed by atoms with Crippen molar-refractivity contribution in [3.63, 3.8) is 0 Å². The second-order valence-corrected chi connectivity index (χ2v) is 6.40. The smallest absolute Gasteiger partial charge is 0.269 e. The average Bonchev–Trinajstić information content (AvgIpc) is 3.03. The number of hydrogen-bond donors (Lipinski definition) is 0. The number of para-hydroxylation sites is 1. The van der Waals surface area contributed by atoms with Gasteiger partial charge in [0, 0.05) is 25.5 Å². The molecule has 20 heavy (non-hydrogen) atoms. The molecule has 3 rings (SSSR count). The summed E-state index contributed by atoms with van der Waals surface area (Å²) in [5.41, 5.74) is 0.740. The van der Waals surface area contributed by atoms with Gasteiger partial charge in [-0.05, 0) is 24.3 Å². The molecule has 0 saturated carbocycles. The molecule has 0 aliphatic carbocycles. The predicted octanol–water partition coefficient (Wildman–Crippen LogP) is 1.56. The molecule has 2 aromatic rings. The Morgan fingerprint density at radius 3 is 2.30 bits per heavy atom. The Morgan fingerprint density at radius 1 is 0.950 bits per heavy atom. The van der Waals surface area contributed by atoms with Crippen molar-refractivity contribution in [3.05, 3.63) is 48.8 Å². The van der Waals surface area contributed by atoms with Gasteiger partial charge in [-0.2, -0.15) is 0 Å². The van der Waals surface area contributed by atoms with E-state index in [1.54, 1.807) is 36.7 Å². The van der Waals surface area contributed by atoms with Gasteiger partial charge in [-0.1, -0.05) is 12.1 Å². The van der Waals surface area contributed by atoms with Gasteiger partial charge in [0.1, 0.15) is 4.90 Å².